The van der Waals surface area contributed by atoms with Crippen LogP contribution in [0.15, 0.2) is 0 Å². The highest BCUT2D eigenvalue weighted by Crippen LogP contribution is 1.98. The second-order valence-electron chi connectivity index (χ2n) is 3.77. The first-order valence-electron chi connectivity index (χ1n) is 5.24. The molecule has 1 amide bonds. The van der Waals surface area contributed by atoms with Gasteiger partial charge in [0.25, 0.3) is 0 Å². The van der Waals surface area contributed by atoms with Crippen molar-refractivity contribution in [2.75, 3.05) is 20.3 Å². The Morgan fingerprint density at radius 2 is 2.27 bits per heavy atom. The Hall–Kier alpha value is -0.650. The number of aliphatic hydroxyl groups excluding tert-OH is 1. The SMILES string of the molecule is COCC(CO)NC(=O)CCCC(C)N. The zero-order valence-corrected chi connectivity index (χ0v) is 9.53. The van der Waals surface area contributed by atoms with Crippen LogP contribution < -0.4 is 11.1 Å². The summed E-state index contributed by atoms with van der Waals surface area (Å²) in [5, 5.41) is 11.6. The molecule has 0 aliphatic heterocycles. The van der Waals surface area contributed by atoms with E-state index in [1.807, 2.05) is 6.92 Å². The molecule has 0 saturated heterocycles. The molecular weight excluding hydrogens is 196 g/mol. The van der Waals surface area contributed by atoms with Crippen LogP contribution in [0.5, 0.6) is 0 Å². The van der Waals surface area contributed by atoms with E-state index in [-0.39, 0.29) is 24.6 Å². The highest BCUT2D eigenvalue weighted by Gasteiger charge is 2.10. The third-order valence-corrected chi connectivity index (χ3v) is 2.02. The molecule has 5 heteroatoms. The van der Waals surface area contributed by atoms with Crippen molar-refractivity contribution in [3.63, 3.8) is 0 Å². The second kappa shape index (κ2) is 8.64. The van der Waals surface area contributed by atoms with Crippen LogP contribution in [-0.2, 0) is 9.53 Å². The van der Waals surface area contributed by atoms with Crippen molar-refractivity contribution in [3.05, 3.63) is 0 Å². The normalized spacial score (nSPS) is 14.7. The highest BCUT2D eigenvalue weighted by molar-refractivity contribution is 5.76. The summed E-state index contributed by atoms with van der Waals surface area (Å²) in [5.74, 6) is -0.0632. The number of ether oxygens (including phenoxy) is 1. The van der Waals surface area contributed by atoms with Gasteiger partial charge in [-0.2, -0.15) is 0 Å². The Balaban J connectivity index is 3.61. The number of methoxy groups -OCH3 is 1. The molecule has 0 aromatic carbocycles. The van der Waals surface area contributed by atoms with Crippen LogP contribution in [0, 0.1) is 0 Å². The standard InChI is InChI=1S/C10H22N2O3/c1-8(11)4-3-5-10(14)12-9(6-13)7-15-2/h8-9,13H,3-7,11H2,1-2H3,(H,12,14). The van der Waals surface area contributed by atoms with Gasteiger partial charge in [-0.15, -0.1) is 0 Å². The number of carbonyl (C=O) groups excluding carboxylic acids is 1. The maximum absolute atomic E-state index is 11.4. The summed E-state index contributed by atoms with van der Waals surface area (Å²) in [6.07, 6.45) is 2.05. The number of nitrogens with one attached hydrogen (secondary N) is 1. The zero-order chi connectivity index (χ0) is 11.7. The van der Waals surface area contributed by atoms with Crippen molar-refractivity contribution >= 4 is 5.91 Å². The molecule has 0 heterocycles. The van der Waals surface area contributed by atoms with Gasteiger partial charge in [0.2, 0.25) is 5.91 Å². The van der Waals surface area contributed by atoms with E-state index >= 15 is 0 Å². The number of carbonyl (C=O) groups is 1. The van der Waals surface area contributed by atoms with Gasteiger partial charge in [0.05, 0.1) is 19.3 Å². The van der Waals surface area contributed by atoms with Crippen LogP contribution in [0.3, 0.4) is 0 Å². The average Bonchev–Trinajstić information content (AvgIpc) is 2.16. The van der Waals surface area contributed by atoms with Gasteiger partial charge in [0.15, 0.2) is 0 Å². The minimum Gasteiger partial charge on any atom is -0.394 e. The van der Waals surface area contributed by atoms with Crippen LogP contribution in [0.1, 0.15) is 26.2 Å². The quantitative estimate of drug-likeness (QED) is 0.519. The predicted octanol–water partition coefficient (Wildman–Crippen LogP) is -0.373. The van der Waals surface area contributed by atoms with E-state index in [0.717, 1.165) is 12.8 Å². The Labute approximate surface area is 91.0 Å². The van der Waals surface area contributed by atoms with Crippen molar-refractivity contribution in [1.82, 2.24) is 5.32 Å². The molecule has 0 aliphatic carbocycles. The molecule has 0 radical (unpaired) electrons. The number of rotatable bonds is 8. The van der Waals surface area contributed by atoms with Crippen LogP contribution in [0.2, 0.25) is 0 Å². The fraction of sp³-hybridized carbons (Fsp3) is 0.900. The Bertz CT molecular complexity index is 174. The maximum Gasteiger partial charge on any atom is 0.220 e. The third kappa shape index (κ3) is 8.35. The predicted molar refractivity (Wildman–Crippen MR) is 58.4 cm³/mol. The molecule has 15 heavy (non-hydrogen) atoms. The topological polar surface area (TPSA) is 84.6 Å². The van der Waals surface area contributed by atoms with Crippen LogP contribution in [0.25, 0.3) is 0 Å². The minimum atomic E-state index is -0.308. The second-order valence-corrected chi connectivity index (χ2v) is 3.77. The van der Waals surface area contributed by atoms with Gasteiger partial charge in [0.1, 0.15) is 0 Å². The van der Waals surface area contributed by atoms with Gasteiger partial charge in [-0.1, -0.05) is 0 Å². The number of aliphatic hydroxyl groups is 1. The van der Waals surface area contributed by atoms with Crippen LogP contribution >= 0.6 is 0 Å². The van der Waals surface area contributed by atoms with Crippen molar-refractivity contribution < 1.29 is 14.6 Å². The van der Waals surface area contributed by atoms with E-state index in [0.29, 0.717) is 13.0 Å². The van der Waals surface area contributed by atoms with Gasteiger partial charge < -0.3 is 20.9 Å². The van der Waals surface area contributed by atoms with E-state index in [1.165, 1.54) is 7.11 Å². The van der Waals surface area contributed by atoms with Crippen molar-refractivity contribution in [1.29, 1.82) is 0 Å². The molecule has 0 fully saturated rings. The van der Waals surface area contributed by atoms with E-state index in [9.17, 15) is 4.79 Å². The molecule has 0 aromatic heterocycles. The summed E-state index contributed by atoms with van der Waals surface area (Å²) < 4.78 is 4.84. The lowest BCUT2D eigenvalue weighted by Crippen LogP contribution is -2.40. The van der Waals surface area contributed by atoms with E-state index < -0.39 is 0 Å². The Kier molecular flexibility index (Phi) is 8.27. The number of amides is 1. The maximum atomic E-state index is 11.4. The smallest absolute Gasteiger partial charge is 0.220 e. The van der Waals surface area contributed by atoms with Crippen molar-refractivity contribution in [3.8, 4) is 0 Å². The highest BCUT2D eigenvalue weighted by atomic mass is 16.5. The fourth-order valence-corrected chi connectivity index (χ4v) is 1.23. The first-order chi connectivity index (χ1) is 7.10. The van der Waals surface area contributed by atoms with Crippen molar-refractivity contribution in [2.24, 2.45) is 5.73 Å². The molecule has 0 bridgehead atoms. The third-order valence-electron chi connectivity index (χ3n) is 2.02. The summed E-state index contributed by atoms with van der Waals surface area (Å²) in [7, 11) is 1.53. The lowest BCUT2D eigenvalue weighted by Gasteiger charge is -2.15. The molecule has 4 N–H and O–H groups in total. The monoisotopic (exact) mass is 218 g/mol. The lowest BCUT2D eigenvalue weighted by molar-refractivity contribution is -0.122. The van der Waals surface area contributed by atoms with Gasteiger partial charge >= 0.3 is 0 Å². The summed E-state index contributed by atoms with van der Waals surface area (Å²) in [6, 6.07) is -0.178. The lowest BCUT2D eigenvalue weighted by atomic mass is 10.1. The molecule has 2 unspecified atom stereocenters. The molecular formula is C10H22N2O3. The van der Waals surface area contributed by atoms with E-state index in [2.05, 4.69) is 5.32 Å². The largest absolute Gasteiger partial charge is 0.394 e. The first kappa shape index (κ1) is 14.3. The van der Waals surface area contributed by atoms with Gasteiger partial charge in [0, 0.05) is 19.6 Å². The molecule has 0 saturated carbocycles. The first-order valence-corrected chi connectivity index (χ1v) is 5.24. The number of nitrogens with two attached hydrogens (primary N) is 1. The summed E-state index contributed by atoms with van der Waals surface area (Å²) in [4.78, 5) is 11.4. The minimum absolute atomic E-state index is 0.0632. The zero-order valence-electron chi connectivity index (χ0n) is 9.53. The molecule has 5 nitrogen and oxygen atoms in total. The summed E-state index contributed by atoms with van der Waals surface area (Å²) >= 11 is 0. The molecule has 0 rings (SSSR count). The molecule has 90 valence electrons. The van der Waals surface area contributed by atoms with Gasteiger partial charge in [-0.05, 0) is 19.8 Å². The van der Waals surface area contributed by atoms with Gasteiger partial charge in [-0.25, -0.2) is 0 Å². The van der Waals surface area contributed by atoms with Crippen LogP contribution in [-0.4, -0.2) is 43.4 Å². The summed E-state index contributed by atoms with van der Waals surface area (Å²) in [6.45, 7) is 2.14. The molecule has 2 atom stereocenters. The summed E-state index contributed by atoms with van der Waals surface area (Å²) in [5.41, 5.74) is 5.56. The van der Waals surface area contributed by atoms with E-state index in [4.69, 9.17) is 15.6 Å². The van der Waals surface area contributed by atoms with Gasteiger partial charge in [-0.3, -0.25) is 4.79 Å². The molecule has 0 aromatic rings. The Morgan fingerprint density at radius 1 is 1.60 bits per heavy atom. The average molecular weight is 218 g/mol. The molecule has 0 spiro atoms. The number of hydrogen-bond donors (Lipinski definition) is 3. The fourth-order valence-electron chi connectivity index (χ4n) is 1.23. The number of hydrogen-bond acceptors (Lipinski definition) is 4. The van der Waals surface area contributed by atoms with E-state index in [1.54, 1.807) is 0 Å². The molecule has 0 aliphatic rings. The van der Waals surface area contributed by atoms with Crippen LogP contribution in [0.4, 0.5) is 0 Å². The Morgan fingerprint density at radius 3 is 2.73 bits per heavy atom. The van der Waals surface area contributed by atoms with Crippen molar-refractivity contribution in [2.45, 2.75) is 38.3 Å².